The molecule has 2 aromatic heterocycles. The first-order valence-electron chi connectivity index (χ1n) is 8.89. The van der Waals surface area contributed by atoms with E-state index in [9.17, 15) is 34.8 Å². The van der Waals surface area contributed by atoms with Crippen molar-refractivity contribution in [2.24, 2.45) is 0 Å². The van der Waals surface area contributed by atoms with Gasteiger partial charge in [0.1, 0.15) is 0 Å². The number of pyridine rings is 2. The van der Waals surface area contributed by atoms with Gasteiger partial charge in [-0.25, -0.2) is 9.97 Å². The van der Waals surface area contributed by atoms with Crippen LogP contribution in [0.5, 0.6) is 11.8 Å². The molecule has 0 unspecified atom stereocenters. The quantitative estimate of drug-likeness (QED) is 0.352. The van der Waals surface area contributed by atoms with Gasteiger partial charge in [0.25, 0.3) is 0 Å². The fraction of sp³-hybridized carbons (Fsp3) is 0.100. The van der Waals surface area contributed by atoms with Crippen LogP contribution in [0.4, 0.5) is 26.3 Å². The SMILES string of the molecule is O=S(=O)(Oc1cc2c(C(F)(F)F)cccc2cn1)Oc1cc2c(C(F)(F)F)cccc2cn1. The van der Waals surface area contributed by atoms with Crippen molar-refractivity contribution >= 4 is 31.9 Å². The molecule has 0 amide bonds. The Hall–Kier alpha value is -3.61. The zero-order chi connectivity index (χ0) is 24.0. The first-order chi connectivity index (χ1) is 15.3. The van der Waals surface area contributed by atoms with Gasteiger partial charge in [-0.05, 0) is 12.1 Å². The first-order valence-corrected chi connectivity index (χ1v) is 10.2. The lowest BCUT2D eigenvalue weighted by Crippen LogP contribution is -2.18. The van der Waals surface area contributed by atoms with Gasteiger partial charge < -0.3 is 8.37 Å². The topological polar surface area (TPSA) is 78.4 Å². The number of hydrogen-bond acceptors (Lipinski definition) is 6. The number of aromatic nitrogens is 2. The molecular weight excluding hydrogens is 478 g/mol. The van der Waals surface area contributed by atoms with Gasteiger partial charge >= 0.3 is 22.8 Å². The highest BCUT2D eigenvalue weighted by atomic mass is 32.3. The summed E-state index contributed by atoms with van der Waals surface area (Å²) < 4.78 is 113. The molecule has 6 nitrogen and oxygen atoms in total. The molecule has 0 bridgehead atoms. The molecule has 2 aromatic carbocycles. The molecule has 0 aliphatic rings. The van der Waals surface area contributed by atoms with Gasteiger partial charge in [0, 0.05) is 46.1 Å². The van der Waals surface area contributed by atoms with E-state index in [1.54, 1.807) is 0 Å². The monoisotopic (exact) mass is 488 g/mol. The summed E-state index contributed by atoms with van der Waals surface area (Å²) in [5.41, 5.74) is -2.08. The maximum Gasteiger partial charge on any atom is 0.504 e. The smallest absolute Gasteiger partial charge is 0.332 e. The van der Waals surface area contributed by atoms with Gasteiger partial charge in [-0.3, -0.25) is 0 Å². The molecule has 0 aliphatic carbocycles. The van der Waals surface area contributed by atoms with Gasteiger partial charge in [-0.15, -0.1) is 8.42 Å². The number of halogens is 6. The third kappa shape index (κ3) is 4.77. The molecule has 0 atom stereocenters. The van der Waals surface area contributed by atoms with Gasteiger partial charge in [0.15, 0.2) is 0 Å². The Bertz CT molecular complexity index is 1360. The summed E-state index contributed by atoms with van der Waals surface area (Å²) in [6, 6.07) is 8.11. The fourth-order valence-electron chi connectivity index (χ4n) is 3.11. The van der Waals surface area contributed by atoms with Crippen LogP contribution in [0.25, 0.3) is 21.5 Å². The summed E-state index contributed by atoms with van der Waals surface area (Å²) in [4.78, 5) is 7.27. The van der Waals surface area contributed by atoms with E-state index in [0.29, 0.717) is 0 Å². The molecule has 0 saturated carbocycles. The number of fused-ring (bicyclic) bond motifs is 2. The number of benzene rings is 2. The highest BCUT2D eigenvalue weighted by molar-refractivity contribution is 7.82. The summed E-state index contributed by atoms with van der Waals surface area (Å²) in [7, 11) is -5.01. The lowest BCUT2D eigenvalue weighted by Gasteiger charge is -2.12. The molecule has 0 saturated heterocycles. The van der Waals surface area contributed by atoms with E-state index >= 15 is 0 Å². The molecule has 4 aromatic rings. The van der Waals surface area contributed by atoms with Crippen LogP contribution in [0.15, 0.2) is 60.9 Å². The van der Waals surface area contributed by atoms with Crippen molar-refractivity contribution in [3.63, 3.8) is 0 Å². The Morgan fingerprint density at radius 2 is 1.06 bits per heavy atom. The van der Waals surface area contributed by atoms with Crippen molar-refractivity contribution in [1.29, 1.82) is 0 Å². The molecule has 0 fully saturated rings. The highest BCUT2D eigenvalue weighted by Gasteiger charge is 2.34. The van der Waals surface area contributed by atoms with Crippen LogP contribution >= 0.6 is 0 Å². The lowest BCUT2D eigenvalue weighted by atomic mass is 10.1. The molecule has 0 N–H and O–H groups in total. The second-order valence-electron chi connectivity index (χ2n) is 6.67. The Morgan fingerprint density at radius 3 is 1.42 bits per heavy atom. The van der Waals surface area contributed by atoms with Gasteiger partial charge in [0.05, 0.1) is 11.1 Å². The average molecular weight is 488 g/mol. The van der Waals surface area contributed by atoms with Crippen molar-refractivity contribution in [3.8, 4) is 11.8 Å². The summed E-state index contributed by atoms with van der Waals surface area (Å²) >= 11 is 0. The normalized spacial score (nSPS) is 12.8. The van der Waals surface area contributed by atoms with E-state index in [4.69, 9.17) is 0 Å². The molecule has 0 aliphatic heterocycles. The van der Waals surface area contributed by atoms with E-state index in [1.807, 2.05) is 0 Å². The molecule has 172 valence electrons. The Morgan fingerprint density at radius 1 is 0.667 bits per heavy atom. The van der Waals surface area contributed by atoms with Crippen LogP contribution in [0, 0.1) is 0 Å². The largest absolute Gasteiger partial charge is 0.504 e. The van der Waals surface area contributed by atoms with E-state index in [-0.39, 0.29) is 21.5 Å². The number of alkyl halides is 6. The lowest BCUT2D eigenvalue weighted by molar-refractivity contribution is -0.137. The van der Waals surface area contributed by atoms with Crippen LogP contribution in [-0.4, -0.2) is 18.4 Å². The number of nitrogens with zero attached hydrogens (tertiary/aromatic N) is 2. The van der Waals surface area contributed by atoms with E-state index < -0.39 is 45.6 Å². The van der Waals surface area contributed by atoms with Crippen molar-refractivity contribution in [1.82, 2.24) is 9.97 Å². The van der Waals surface area contributed by atoms with Crippen LogP contribution in [0.2, 0.25) is 0 Å². The fourth-order valence-corrected chi connectivity index (χ4v) is 3.75. The van der Waals surface area contributed by atoms with Crippen molar-refractivity contribution in [2.45, 2.75) is 12.4 Å². The zero-order valence-electron chi connectivity index (χ0n) is 16.0. The van der Waals surface area contributed by atoms with Crippen LogP contribution < -0.4 is 8.37 Å². The average Bonchev–Trinajstić information content (AvgIpc) is 2.70. The molecular formula is C20H10F6N2O4S. The standard InChI is InChI=1S/C20H10F6N2O4S/c21-19(22,23)15-5-1-3-11-9-27-17(7-13(11)15)31-33(29,30)32-18-8-14-12(10-28-18)4-2-6-16(14)20(24,25)26/h1-10H. The van der Waals surface area contributed by atoms with Crippen molar-refractivity contribution in [3.05, 3.63) is 72.1 Å². The van der Waals surface area contributed by atoms with Gasteiger partial charge in [-0.1, -0.05) is 24.3 Å². The van der Waals surface area contributed by atoms with Crippen LogP contribution in [-0.2, 0) is 22.8 Å². The zero-order valence-corrected chi connectivity index (χ0v) is 16.8. The molecule has 4 rings (SSSR count). The van der Waals surface area contributed by atoms with E-state index in [0.717, 1.165) is 48.8 Å². The summed E-state index contributed by atoms with van der Waals surface area (Å²) in [6.45, 7) is 0. The molecule has 0 radical (unpaired) electrons. The number of hydrogen-bond donors (Lipinski definition) is 0. The van der Waals surface area contributed by atoms with Gasteiger partial charge in [-0.2, -0.15) is 26.3 Å². The van der Waals surface area contributed by atoms with E-state index in [1.165, 1.54) is 12.1 Å². The van der Waals surface area contributed by atoms with Crippen molar-refractivity contribution < 1.29 is 43.1 Å². The second kappa shape index (κ2) is 7.76. The van der Waals surface area contributed by atoms with Crippen LogP contribution in [0.3, 0.4) is 0 Å². The Kier molecular flexibility index (Phi) is 5.31. The van der Waals surface area contributed by atoms with E-state index in [2.05, 4.69) is 18.3 Å². The molecule has 33 heavy (non-hydrogen) atoms. The summed E-state index contributed by atoms with van der Waals surface area (Å²) in [5.74, 6) is -1.48. The third-order valence-electron chi connectivity index (χ3n) is 4.46. The second-order valence-corrected chi connectivity index (χ2v) is 7.82. The number of rotatable bonds is 4. The Balaban J connectivity index is 1.66. The van der Waals surface area contributed by atoms with Crippen molar-refractivity contribution in [2.75, 3.05) is 0 Å². The van der Waals surface area contributed by atoms with Crippen LogP contribution in [0.1, 0.15) is 11.1 Å². The van der Waals surface area contributed by atoms with Gasteiger partial charge in [0.2, 0.25) is 11.8 Å². The minimum atomic E-state index is -5.01. The highest BCUT2D eigenvalue weighted by Crippen LogP contribution is 2.37. The first kappa shape index (κ1) is 22.6. The maximum absolute atomic E-state index is 13.2. The molecule has 2 heterocycles. The minimum absolute atomic E-state index is 0.0753. The summed E-state index contributed by atoms with van der Waals surface area (Å²) in [5, 5.41) is -0.592. The Labute approximate surface area is 181 Å². The summed E-state index contributed by atoms with van der Waals surface area (Å²) in [6.07, 6.45) is -7.50. The molecule has 13 heteroatoms. The predicted molar refractivity (Wildman–Crippen MR) is 104 cm³/mol. The molecule has 0 spiro atoms. The third-order valence-corrected chi connectivity index (χ3v) is 5.21. The minimum Gasteiger partial charge on any atom is -0.332 e. The maximum atomic E-state index is 13.2. The predicted octanol–water partition coefficient (Wildman–Crippen LogP) is 5.52.